The molecule has 0 aliphatic heterocycles. The first-order valence-corrected chi connectivity index (χ1v) is 9.37. The number of aromatic nitrogens is 1. The van der Waals surface area contributed by atoms with Gasteiger partial charge in [-0.3, -0.25) is 4.98 Å². The number of hydrogen-bond acceptors (Lipinski definition) is 2. The van der Waals surface area contributed by atoms with Crippen molar-refractivity contribution in [2.24, 2.45) is 0 Å². The third kappa shape index (κ3) is 5.96. The van der Waals surface area contributed by atoms with E-state index in [2.05, 4.69) is 39.9 Å². The third-order valence-corrected chi connectivity index (χ3v) is 4.41. The summed E-state index contributed by atoms with van der Waals surface area (Å²) in [6.45, 7) is 0.655. The maximum atomic E-state index is 12.4. The number of rotatable bonds is 8. The number of amides is 2. The lowest BCUT2D eigenvalue weighted by atomic mass is 10.0. The molecule has 1 aromatic heterocycles. The average Bonchev–Trinajstić information content (AvgIpc) is 2.74. The van der Waals surface area contributed by atoms with Gasteiger partial charge in [-0.1, -0.05) is 66.7 Å². The van der Waals surface area contributed by atoms with Gasteiger partial charge in [0.05, 0.1) is 11.7 Å². The molecule has 0 radical (unpaired) electrons. The molecular formula is C23H25N3O. The summed E-state index contributed by atoms with van der Waals surface area (Å²) in [5.41, 5.74) is 3.17. The van der Waals surface area contributed by atoms with E-state index in [4.69, 9.17) is 0 Å². The van der Waals surface area contributed by atoms with Crippen LogP contribution in [-0.2, 0) is 6.42 Å². The summed E-state index contributed by atoms with van der Waals surface area (Å²) in [7, 11) is 0. The highest BCUT2D eigenvalue weighted by Gasteiger charge is 2.17. The largest absolute Gasteiger partial charge is 0.338 e. The molecule has 0 unspecified atom stereocenters. The molecule has 27 heavy (non-hydrogen) atoms. The molecule has 3 aromatic rings. The van der Waals surface area contributed by atoms with E-state index < -0.39 is 0 Å². The number of pyridine rings is 1. The van der Waals surface area contributed by atoms with Crippen molar-refractivity contribution in [2.75, 3.05) is 6.54 Å². The van der Waals surface area contributed by atoms with Crippen molar-refractivity contribution in [2.45, 2.75) is 25.3 Å². The lowest BCUT2D eigenvalue weighted by Crippen LogP contribution is -2.39. The number of carbonyl (C=O) groups is 1. The minimum absolute atomic E-state index is 0.172. The SMILES string of the molecule is O=C(NCCCCc1ccccc1)N[C@@H](c1ccccc1)c1ccccn1. The lowest BCUT2D eigenvalue weighted by Gasteiger charge is -2.19. The molecule has 4 nitrogen and oxygen atoms in total. The van der Waals surface area contributed by atoms with Crippen LogP contribution in [0, 0.1) is 0 Å². The van der Waals surface area contributed by atoms with Gasteiger partial charge < -0.3 is 10.6 Å². The molecule has 0 spiro atoms. The summed E-state index contributed by atoms with van der Waals surface area (Å²) >= 11 is 0. The van der Waals surface area contributed by atoms with Crippen LogP contribution < -0.4 is 10.6 Å². The Bertz CT molecular complexity index is 767. The van der Waals surface area contributed by atoms with Crippen molar-refractivity contribution in [3.05, 3.63) is 102 Å². The molecular weight excluding hydrogens is 334 g/mol. The quantitative estimate of drug-likeness (QED) is 0.582. The Morgan fingerprint density at radius 2 is 1.56 bits per heavy atom. The molecule has 3 rings (SSSR count). The fourth-order valence-electron chi connectivity index (χ4n) is 3.00. The van der Waals surface area contributed by atoms with Crippen molar-refractivity contribution in [1.82, 2.24) is 15.6 Å². The van der Waals surface area contributed by atoms with E-state index in [1.54, 1.807) is 6.20 Å². The maximum Gasteiger partial charge on any atom is 0.315 e. The van der Waals surface area contributed by atoms with Gasteiger partial charge in [0.2, 0.25) is 0 Å². The number of carbonyl (C=O) groups excluding carboxylic acids is 1. The molecule has 4 heteroatoms. The highest BCUT2D eigenvalue weighted by molar-refractivity contribution is 5.74. The first-order chi connectivity index (χ1) is 13.3. The van der Waals surface area contributed by atoms with Gasteiger partial charge in [-0.15, -0.1) is 0 Å². The summed E-state index contributed by atoms with van der Waals surface area (Å²) < 4.78 is 0. The summed E-state index contributed by atoms with van der Waals surface area (Å²) in [6.07, 6.45) is 4.77. The van der Waals surface area contributed by atoms with Gasteiger partial charge in [0, 0.05) is 12.7 Å². The summed E-state index contributed by atoms with van der Waals surface area (Å²) in [5, 5.41) is 6.01. The molecule has 1 heterocycles. The molecule has 0 fully saturated rings. The van der Waals surface area contributed by atoms with Crippen molar-refractivity contribution in [3.63, 3.8) is 0 Å². The number of unbranched alkanes of at least 4 members (excludes halogenated alkanes) is 1. The molecule has 0 saturated carbocycles. The Hall–Kier alpha value is -3.14. The molecule has 0 saturated heterocycles. The van der Waals surface area contributed by atoms with Crippen molar-refractivity contribution < 1.29 is 4.79 Å². The molecule has 2 aromatic carbocycles. The van der Waals surface area contributed by atoms with Gasteiger partial charge in [0.15, 0.2) is 0 Å². The summed E-state index contributed by atoms with van der Waals surface area (Å²) in [4.78, 5) is 16.8. The number of nitrogens with one attached hydrogen (secondary N) is 2. The monoisotopic (exact) mass is 359 g/mol. The van der Waals surface area contributed by atoms with E-state index in [1.807, 2.05) is 54.6 Å². The molecule has 1 atom stereocenters. The Kier molecular flexibility index (Phi) is 6.99. The van der Waals surface area contributed by atoms with Crippen LogP contribution in [0.2, 0.25) is 0 Å². The first kappa shape index (κ1) is 18.6. The second-order valence-corrected chi connectivity index (χ2v) is 6.44. The summed E-state index contributed by atoms with van der Waals surface area (Å²) in [6, 6.07) is 25.6. The Balaban J connectivity index is 1.49. The lowest BCUT2D eigenvalue weighted by molar-refractivity contribution is 0.238. The van der Waals surface area contributed by atoms with Gasteiger partial charge in [-0.2, -0.15) is 0 Å². The topological polar surface area (TPSA) is 54.0 Å². The van der Waals surface area contributed by atoms with Crippen LogP contribution in [-0.4, -0.2) is 17.6 Å². The van der Waals surface area contributed by atoms with Gasteiger partial charge in [0.1, 0.15) is 0 Å². The molecule has 2 amide bonds. The Labute approximate surface area is 160 Å². The Morgan fingerprint density at radius 3 is 2.26 bits per heavy atom. The zero-order valence-electron chi connectivity index (χ0n) is 15.3. The molecule has 2 N–H and O–H groups in total. The number of urea groups is 1. The minimum Gasteiger partial charge on any atom is -0.338 e. The van der Waals surface area contributed by atoms with Crippen molar-refractivity contribution >= 4 is 6.03 Å². The van der Waals surface area contributed by atoms with Gasteiger partial charge >= 0.3 is 6.03 Å². The standard InChI is InChI=1S/C23H25N3O/c27-23(25-18-9-7-13-19-11-3-1-4-12-19)26-22(20-14-5-2-6-15-20)21-16-8-10-17-24-21/h1-6,8,10-12,14-17,22H,7,9,13,18H2,(H2,25,26,27)/t22-/m0/s1. The zero-order chi connectivity index (χ0) is 18.7. The zero-order valence-corrected chi connectivity index (χ0v) is 15.3. The van der Waals surface area contributed by atoms with E-state index in [9.17, 15) is 4.79 Å². The van der Waals surface area contributed by atoms with Crippen molar-refractivity contribution in [1.29, 1.82) is 0 Å². The van der Waals surface area contributed by atoms with Crippen LogP contribution in [0.25, 0.3) is 0 Å². The third-order valence-electron chi connectivity index (χ3n) is 4.41. The van der Waals surface area contributed by atoms with E-state index >= 15 is 0 Å². The van der Waals surface area contributed by atoms with Crippen LogP contribution in [0.15, 0.2) is 85.1 Å². The second kappa shape index (κ2) is 10.1. The van der Waals surface area contributed by atoms with E-state index in [0.717, 1.165) is 30.5 Å². The van der Waals surface area contributed by atoms with Crippen LogP contribution in [0.1, 0.15) is 35.7 Å². The number of hydrogen-bond donors (Lipinski definition) is 2. The fourth-order valence-corrected chi connectivity index (χ4v) is 3.00. The second-order valence-electron chi connectivity index (χ2n) is 6.44. The smallest absolute Gasteiger partial charge is 0.315 e. The minimum atomic E-state index is -0.267. The predicted octanol–water partition coefficient (Wildman–Crippen LogP) is 4.49. The molecule has 0 bridgehead atoms. The Morgan fingerprint density at radius 1 is 0.852 bits per heavy atom. The fraction of sp³-hybridized carbons (Fsp3) is 0.217. The van der Waals surface area contributed by atoms with E-state index in [1.165, 1.54) is 5.56 Å². The van der Waals surface area contributed by atoms with Crippen LogP contribution in [0.4, 0.5) is 4.79 Å². The van der Waals surface area contributed by atoms with E-state index in [-0.39, 0.29) is 12.1 Å². The molecule has 138 valence electrons. The molecule has 0 aliphatic rings. The van der Waals surface area contributed by atoms with Gasteiger partial charge in [-0.05, 0) is 42.5 Å². The number of aryl methyl sites for hydroxylation is 1. The van der Waals surface area contributed by atoms with Crippen molar-refractivity contribution in [3.8, 4) is 0 Å². The van der Waals surface area contributed by atoms with Crippen LogP contribution in [0.5, 0.6) is 0 Å². The summed E-state index contributed by atoms with van der Waals surface area (Å²) in [5.74, 6) is 0. The van der Waals surface area contributed by atoms with E-state index in [0.29, 0.717) is 6.54 Å². The average molecular weight is 359 g/mol. The highest BCUT2D eigenvalue weighted by Crippen LogP contribution is 2.19. The normalized spacial score (nSPS) is 11.6. The maximum absolute atomic E-state index is 12.4. The number of benzene rings is 2. The highest BCUT2D eigenvalue weighted by atomic mass is 16.2. The predicted molar refractivity (Wildman–Crippen MR) is 108 cm³/mol. The van der Waals surface area contributed by atoms with Crippen LogP contribution >= 0.6 is 0 Å². The first-order valence-electron chi connectivity index (χ1n) is 9.37. The van der Waals surface area contributed by atoms with Gasteiger partial charge in [0.25, 0.3) is 0 Å². The number of nitrogens with zero attached hydrogens (tertiary/aromatic N) is 1. The molecule has 0 aliphatic carbocycles. The van der Waals surface area contributed by atoms with Crippen LogP contribution in [0.3, 0.4) is 0 Å². The van der Waals surface area contributed by atoms with Gasteiger partial charge in [-0.25, -0.2) is 4.79 Å².